The van der Waals surface area contributed by atoms with Crippen LogP contribution in [0.2, 0.25) is 0 Å². The number of methoxy groups -OCH3 is 1. The van der Waals surface area contributed by atoms with Gasteiger partial charge >= 0.3 is 5.97 Å². The largest absolute Gasteiger partial charge is 0.459 e. The van der Waals surface area contributed by atoms with Crippen LogP contribution in [-0.2, 0) is 38.0 Å². The quantitative estimate of drug-likeness (QED) is 0.122. The molecule has 0 radical (unpaired) electrons. The number of aliphatic hydroxyl groups excluding tert-OH is 2. The maximum Gasteiger partial charge on any atom is 0.311 e. The Labute approximate surface area is 386 Å². The molecule has 1 aromatic rings. The number of cyclic esters (lactones) is 1. The van der Waals surface area contributed by atoms with Crippen molar-refractivity contribution in [3.8, 4) is 0 Å². The van der Waals surface area contributed by atoms with E-state index >= 15 is 0 Å². The Hall–Kier alpha value is -2.66. The minimum atomic E-state index is -1.83. The summed E-state index contributed by atoms with van der Waals surface area (Å²) in [5.41, 5.74) is 1.40. The summed E-state index contributed by atoms with van der Waals surface area (Å²) in [4.78, 5) is 39.2. The number of nitrogen functional groups attached to an aromatic ring is 1. The summed E-state index contributed by atoms with van der Waals surface area (Å²) in [6.07, 6.45) is -4.77. The minimum absolute atomic E-state index is 0.0296. The van der Waals surface area contributed by atoms with Crippen LogP contribution in [0.3, 0.4) is 0 Å². The van der Waals surface area contributed by atoms with E-state index in [1.165, 1.54) is 26.4 Å². The molecule has 3 fully saturated rings. The molecule has 18 atom stereocenters. The van der Waals surface area contributed by atoms with Crippen LogP contribution in [0.5, 0.6) is 0 Å². The van der Waals surface area contributed by atoms with Crippen LogP contribution < -0.4 is 11.1 Å². The van der Waals surface area contributed by atoms with Crippen LogP contribution in [0.25, 0.3) is 0 Å². The molecule has 4 rings (SSSR count). The third kappa shape index (κ3) is 13.3. The van der Waals surface area contributed by atoms with Gasteiger partial charge in [0.15, 0.2) is 24.1 Å². The van der Waals surface area contributed by atoms with E-state index in [0.717, 1.165) is 0 Å². The van der Waals surface area contributed by atoms with Crippen LogP contribution in [0, 0.1) is 17.8 Å². The number of amides is 1. The lowest BCUT2D eigenvalue weighted by molar-refractivity contribution is -0.321. The molecule has 0 bridgehead atoms. The first-order valence-electron chi connectivity index (χ1n) is 23.3. The first-order chi connectivity index (χ1) is 30.3. The smallest absolute Gasteiger partial charge is 0.311 e. The van der Waals surface area contributed by atoms with E-state index < -0.39 is 102 Å². The minimum Gasteiger partial charge on any atom is -0.459 e. The van der Waals surface area contributed by atoms with E-state index in [-0.39, 0.29) is 62.0 Å². The standard InChI is InChI=1S/C46H82N6O13/c1-15-32-46(10,58)37(53)29(6)52(13)24-25(2)22-44(8,57)39(27(4)35(28(5)42(56)63-32)64-33-23-45(9,59-14)38(54)30(7)62-33)65-43-36(31(51(11)12)21-26(3)61-43)60-20-16-17-50-41(55)34-40(47)49-19-18-48-34/h18-19,25-33,35-39,43,53-54,57-58H,15-17,20-24H2,1-14H3,(H2,47,49)(H,50,55)/t25-,26-,27+,28-,29-,30+,31+,32-,33+,35+,36-,37-,38+,39-,43+,44-,45-,46-/m1/s1. The number of nitrogens with one attached hydrogen (secondary N) is 1. The zero-order valence-electron chi connectivity index (χ0n) is 41.3. The number of hydrogen-bond acceptors (Lipinski definition) is 18. The lowest BCUT2D eigenvalue weighted by Gasteiger charge is -2.49. The Morgan fingerprint density at radius 3 is 2.28 bits per heavy atom. The molecule has 65 heavy (non-hydrogen) atoms. The van der Waals surface area contributed by atoms with Gasteiger partial charge in [0.2, 0.25) is 0 Å². The number of rotatable bonds is 13. The molecular weight excluding hydrogens is 845 g/mol. The molecule has 19 nitrogen and oxygen atoms in total. The highest BCUT2D eigenvalue weighted by molar-refractivity contribution is 5.96. The fourth-order valence-electron chi connectivity index (χ4n) is 10.0. The first kappa shape index (κ1) is 54.9. The molecule has 0 aromatic carbocycles. The molecule has 0 aliphatic carbocycles. The van der Waals surface area contributed by atoms with Gasteiger partial charge in [-0.1, -0.05) is 20.8 Å². The lowest BCUT2D eigenvalue weighted by Crippen LogP contribution is -2.61. The van der Waals surface area contributed by atoms with Crippen molar-refractivity contribution in [1.82, 2.24) is 25.1 Å². The van der Waals surface area contributed by atoms with Crippen LogP contribution in [0.4, 0.5) is 5.82 Å². The number of nitrogens with zero attached hydrogens (tertiary/aromatic N) is 4. The number of esters is 1. The summed E-state index contributed by atoms with van der Waals surface area (Å²) in [6.45, 7) is 18.6. The van der Waals surface area contributed by atoms with Crippen LogP contribution in [-0.4, -0.2) is 190 Å². The third-order valence-electron chi connectivity index (χ3n) is 14.0. The van der Waals surface area contributed by atoms with Crippen molar-refractivity contribution in [1.29, 1.82) is 0 Å². The van der Waals surface area contributed by atoms with Crippen molar-refractivity contribution in [2.75, 3.05) is 53.7 Å². The Balaban J connectivity index is 1.76. The van der Waals surface area contributed by atoms with E-state index in [2.05, 4.69) is 20.2 Å². The molecule has 19 heteroatoms. The van der Waals surface area contributed by atoms with Gasteiger partial charge in [-0.15, -0.1) is 0 Å². The monoisotopic (exact) mass is 927 g/mol. The summed E-state index contributed by atoms with van der Waals surface area (Å²) < 4.78 is 45.3. The predicted octanol–water partition coefficient (Wildman–Crippen LogP) is 2.12. The highest BCUT2D eigenvalue weighted by Gasteiger charge is 2.53. The number of carbonyl (C=O) groups excluding carboxylic acids is 2. The highest BCUT2D eigenvalue weighted by Crippen LogP contribution is 2.40. The van der Waals surface area contributed by atoms with Gasteiger partial charge in [-0.2, -0.15) is 0 Å². The van der Waals surface area contributed by atoms with E-state index in [0.29, 0.717) is 19.4 Å². The fourth-order valence-corrected chi connectivity index (χ4v) is 10.0. The average Bonchev–Trinajstić information content (AvgIpc) is 3.23. The Bertz CT molecular complexity index is 1680. The van der Waals surface area contributed by atoms with Gasteiger partial charge in [0.05, 0.1) is 41.5 Å². The zero-order chi connectivity index (χ0) is 48.8. The SMILES string of the molecule is CC[C@H]1OC(=O)[C@H](C)[C@@H](O[C@H]2C[C@@](C)(OC)[C@@H](O)[C@H](C)O2)[C@H](C)[C@@H](O[C@@H]2O[C@H](C)C[C@H](N(C)C)[C@H]2OCCCNC(=O)c2nccnc2N)[C@](C)(O)C[C@@H](C)CN(C)[C@H](C)[C@@H](O)[C@]1(C)O. The van der Waals surface area contributed by atoms with Crippen molar-refractivity contribution in [2.24, 2.45) is 17.8 Å². The number of aromatic nitrogens is 2. The molecule has 4 heterocycles. The molecule has 1 amide bonds. The van der Waals surface area contributed by atoms with Crippen molar-refractivity contribution in [3.63, 3.8) is 0 Å². The zero-order valence-corrected chi connectivity index (χ0v) is 41.3. The topological polar surface area (TPSA) is 250 Å². The van der Waals surface area contributed by atoms with Gasteiger partial charge < -0.3 is 74.4 Å². The van der Waals surface area contributed by atoms with E-state index in [4.69, 9.17) is 38.9 Å². The van der Waals surface area contributed by atoms with Crippen LogP contribution >= 0.6 is 0 Å². The number of hydrogen-bond donors (Lipinski definition) is 6. The van der Waals surface area contributed by atoms with E-state index in [1.54, 1.807) is 41.5 Å². The molecule has 1 aromatic heterocycles. The number of carbonyl (C=O) groups is 2. The van der Waals surface area contributed by atoms with Crippen molar-refractivity contribution >= 4 is 17.7 Å². The Morgan fingerprint density at radius 1 is 1.00 bits per heavy atom. The Kier molecular flexibility index (Phi) is 19.5. The average molecular weight is 927 g/mol. The van der Waals surface area contributed by atoms with Gasteiger partial charge in [-0.05, 0) is 101 Å². The van der Waals surface area contributed by atoms with E-state index in [1.807, 2.05) is 46.8 Å². The number of nitrogens with two attached hydrogens (primary N) is 1. The predicted molar refractivity (Wildman–Crippen MR) is 241 cm³/mol. The van der Waals surface area contributed by atoms with Crippen LogP contribution in [0.1, 0.15) is 112 Å². The van der Waals surface area contributed by atoms with Gasteiger partial charge in [0.25, 0.3) is 5.91 Å². The third-order valence-corrected chi connectivity index (χ3v) is 14.0. The number of likely N-dealkylation sites (N-methyl/N-ethyl adjacent to an activating group) is 2. The molecule has 0 unspecified atom stereocenters. The second kappa shape index (κ2) is 23.1. The summed E-state index contributed by atoms with van der Waals surface area (Å²) in [5.74, 6) is -3.13. The molecule has 3 aliphatic heterocycles. The molecule has 0 spiro atoms. The normalized spacial score (nSPS) is 41.9. The summed E-state index contributed by atoms with van der Waals surface area (Å²) in [5, 5.41) is 50.3. The number of aliphatic hydroxyl groups is 4. The molecular formula is C46H82N6O13. The Morgan fingerprint density at radius 2 is 1.66 bits per heavy atom. The van der Waals surface area contributed by atoms with Gasteiger partial charge in [0, 0.05) is 63.6 Å². The van der Waals surface area contributed by atoms with Gasteiger partial charge in [-0.25, -0.2) is 9.97 Å². The van der Waals surface area contributed by atoms with Gasteiger partial charge in [0.1, 0.15) is 30.0 Å². The first-order valence-corrected chi connectivity index (χ1v) is 23.3. The molecule has 3 saturated heterocycles. The van der Waals surface area contributed by atoms with Crippen molar-refractivity contribution in [2.45, 2.75) is 192 Å². The van der Waals surface area contributed by atoms with Gasteiger partial charge in [-0.3, -0.25) is 9.59 Å². The maximum absolute atomic E-state index is 14.5. The molecule has 3 aliphatic rings. The highest BCUT2D eigenvalue weighted by atomic mass is 16.7. The molecule has 0 saturated carbocycles. The van der Waals surface area contributed by atoms with E-state index in [9.17, 15) is 30.0 Å². The summed E-state index contributed by atoms with van der Waals surface area (Å²) >= 11 is 0. The molecule has 374 valence electrons. The second-order valence-corrected chi connectivity index (χ2v) is 19.9. The summed E-state index contributed by atoms with van der Waals surface area (Å²) in [7, 11) is 7.26. The maximum atomic E-state index is 14.5. The lowest BCUT2D eigenvalue weighted by atomic mass is 9.77. The second-order valence-electron chi connectivity index (χ2n) is 19.9. The number of anilines is 1. The van der Waals surface area contributed by atoms with Crippen molar-refractivity contribution in [3.05, 3.63) is 18.1 Å². The van der Waals surface area contributed by atoms with Crippen LogP contribution in [0.15, 0.2) is 12.4 Å². The van der Waals surface area contributed by atoms with Crippen molar-refractivity contribution < 1.29 is 63.2 Å². The molecule has 7 N–H and O–H groups in total. The fraction of sp³-hybridized carbons (Fsp3) is 0.870. The number of ether oxygens (including phenoxy) is 7. The summed E-state index contributed by atoms with van der Waals surface area (Å²) in [6, 6.07) is -0.752.